The Balaban J connectivity index is 1.63. The summed E-state index contributed by atoms with van der Waals surface area (Å²) < 4.78 is 51.4. The molecule has 3 heterocycles. The maximum Gasteiger partial charge on any atom is 0.349 e. The van der Waals surface area contributed by atoms with Gasteiger partial charge in [-0.25, -0.2) is 9.78 Å². The number of hydrogen-bond acceptors (Lipinski definition) is 10. The first-order valence-electron chi connectivity index (χ1n) is 11.8. The van der Waals surface area contributed by atoms with Crippen LogP contribution in [0, 0.1) is 13.8 Å². The lowest BCUT2D eigenvalue weighted by Gasteiger charge is -2.34. The molecule has 1 aliphatic heterocycles. The molecule has 5 rings (SSSR count). The molecular formula is C24H27N3O7S2. The van der Waals surface area contributed by atoms with E-state index in [1.807, 2.05) is 6.92 Å². The standard InChI is InChI=1S/C24H27N3O7S2/c1-5-31-23(28)19-12-27(36(29,30)22-24(32-6-2)35-21(25-22)15-7-8-15)17-11-16(9-10-18(17)33-19)20-13(3)26-34-14(20)4/h9-11,15,19H,5-8,12H2,1-4H3. The molecule has 1 aromatic carbocycles. The predicted molar refractivity (Wildman–Crippen MR) is 132 cm³/mol. The number of fused-ring (bicyclic) bond motifs is 1. The Bertz CT molecular complexity index is 1390. The van der Waals surface area contributed by atoms with Gasteiger partial charge in [0.1, 0.15) is 16.5 Å². The molecule has 0 N–H and O–H groups in total. The molecule has 0 saturated heterocycles. The van der Waals surface area contributed by atoms with Crippen LogP contribution in [0.3, 0.4) is 0 Å². The van der Waals surface area contributed by atoms with Crippen LogP contribution in [0.25, 0.3) is 11.1 Å². The summed E-state index contributed by atoms with van der Waals surface area (Å²) in [6.45, 7) is 7.27. The Hall–Kier alpha value is -3.12. The Morgan fingerprint density at radius 3 is 2.64 bits per heavy atom. The molecule has 0 bridgehead atoms. The Morgan fingerprint density at radius 1 is 1.22 bits per heavy atom. The highest BCUT2D eigenvalue weighted by atomic mass is 32.2. The van der Waals surface area contributed by atoms with Crippen molar-refractivity contribution >= 4 is 33.0 Å². The molecule has 36 heavy (non-hydrogen) atoms. The molecular weight excluding hydrogens is 506 g/mol. The van der Waals surface area contributed by atoms with Crippen molar-refractivity contribution in [3.05, 3.63) is 34.7 Å². The third-order valence-corrected chi connectivity index (χ3v) is 8.97. The van der Waals surface area contributed by atoms with Crippen LogP contribution in [0.15, 0.2) is 27.7 Å². The highest BCUT2D eigenvalue weighted by Gasteiger charge is 2.42. The second-order valence-electron chi connectivity index (χ2n) is 8.63. The van der Waals surface area contributed by atoms with Crippen LogP contribution in [0.1, 0.15) is 49.1 Å². The van der Waals surface area contributed by atoms with E-state index in [2.05, 4.69) is 10.1 Å². The van der Waals surface area contributed by atoms with Crippen molar-refractivity contribution in [1.82, 2.24) is 10.1 Å². The van der Waals surface area contributed by atoms with Crippen molar-refractivity contribution in [2.24, 2.45) is 0 Å². The van der Waals surface area contributed by atoms with Gasteiger partial charge in [0.05, 0.1) is 31.1 Å². The van der Waals surface area contributed by atoms with Crippen LogP contribution in [0.4, 0.5) is 5.69 Å². The van der Waals surface area contributed by atoms with Crippen LogP contribution in [-0.2, 0) is 19.6 Å². The topological polar surface area (TPSA) is 121 Å². The molecule has 0 spiro atoms. The van der Waals surface area contributed by atoms with E-state index >= 15 is 0 Å². The first-order chi connectivity index (χ1) is 17.2. The lowest BCUT2D eigenvalue weighted by molar-refractivity contribution is -0.151. The van der Waals surface area contributed by atoms with E-state index in [9.17, 15) is 13.2 Å². The summed E-state index contributed by atoms with van der Waals surface area (Å²) in [7, 11) is -4.22. The highest BCUT2D eigenvalue weighted by molar-refractivity contribution is 7.93. The van der Waals surface area contributed by atoms with Gasteiger partial charge in [-0.15, -0.1) is 0 Å². The summed E-state index contributed by atoms with van der Waals surface area (Å²) in [6, 6.07) is 5.13. The van der Waals surface area contributed by atoms with Gasteiger partial charge in [-0.3, -0.25) is 4.31 Å². The SMILES string of the molecule is CCOC(=O)C1CN(S(=O)(=O)c2nc(C3CC3)sc2OCC)c2cc(-c3c(C)noc3C)ccc2O1. The van der Waals surface area contributed by atoms with Gasteiger partial charge in [0.25, 0.3) is 10.0 Å². The molecule has 10 nitrogen and oxygen atoms in total. The molecule has 2 aliphatic rings. The number of anilines is 1. The van der Waals surface area contributed by atoms with Crippen molar-refractivity contribution in [2.75, 3.05) is 24.1 Å². The largest absolute Gasteiger partial charge is 0.482 e. The fraction of sp³-hybridized carbons (Fsp3) is 0.458. The number of sulfonamides is 1. The van der Waals surface area contributed by atoms with Crippen LogP contribution in [0.2, 0.25) is 0 Å². The number of aryl methyl sites for hydroxylation is 2. The van der Waals surface area contributed by atoms with Crippen LogP contribution in [-0.4, -0.2) is 50.4 Å². The monoisotopic (exact) mass is 533 g/mol. The number of aromatic nitrogens is 2. The number of esters is 1. The van der Waals surface area contributed by atoms with E-state index in [4.69, 9.17) is 18.7 Å². The summed E-state index contributed by atoms with van der Waals surface area (Å²) in [5.74, 6) is 0.470. The third-order valence-electron chi connectivity index (χ3n) is 6.02. The molecule has 1 saturated carbocycles. The first kappa shape index (κ1) is 24.6. The first-order valence-corrected chi connectivity index (χ1v) is 14.1. The second-order valence-corrected chi connectivity index (χ2v) is 11.4. The van der Waals surface area contributed by atoms with Crippen molar-refractivity contribution in [3.8, 4) is 21.9 Å². The van der Waals surface area contributed by atoms with Crippen LogP contribution >= 0.6 is 11.3 Å². The summed E-state index contributed by atoms with van der Waals surface area (Å²) in [5.41, 5.74) is 2.44. The third kappa shape index (κ3) is 4.32. The molecule has 3 aromatic rings. The van der Waals surface area contributed by atoms with Crippen molar-refractivity contribution in [3.63, 3.8) is 0 Å². The minimum atomic E-state index is -4.22. The minimum Gasteiger partial charge on any atom is -0.482 e. The lowest BCUT2D eigenvalue weighted by Crippen LogP contribution is -2.47. The maximum atomic E-state index is 14.1. The molecule has 12 heteroatoms. The molecule has 1 fully saturated rings. The van der Waals surface area contributed by atoms with Gasteiger partial charge in [0.15, 0.2) is 0 Å². The minimum absolute atomic E-state index is 0.144. The number of nitrogens with zero attached hydrogens (tertiary/aromatic N) is 3. The molecule has 0 amide bonds. The van der Waals surface area contributed by atoms with Gasteiger partial charge >= 0.3 is 5.97 Å². The van der Waals surface area contributed by atoms with Crippen molar-refractivity contribution in [2.45, 2.75) is 57.6 Å². The number of ether oxygens (including phenoxy) is 3. The van der Waals surface area contributed by atoms with Gasteiger partial charge in [-0.2, -0.15) is 8.42 Å². The van der Waals surface area contributed by atoms with E-state index in [0.717, 1.165) is 23.4 Å². The quantitative estimate of drug-likeness (QED) is 0.392. The number of rotatable bonds is 8. The van der Waals surface area contributed by atoms with Gasteiger partial charge in [0.2, 0.25) is 16.2 Å². The molecule has 1 unspecified atom stereocenters. The number of carbonyl (C=O) groups excluding carboxylic acids is 1. The highest BCUT2D eigenvalue weighted by Crippen LogP contribution is 2.47. The number of benzene rings is 1. The molecule has 1 atom stereocenters. The molecule has 2 aromatic heterocycles. The van der Waals surface area contributed by atoms with Gasteiger partial charge in [-0.1, -0.05) is 22.6 Å². The number of hydrogen-bond donors (Lipinski definition) is 0. The lowest BCUT2D eigenvalue weighted by atomic mass is 10.0. The van der Waals surface area contributed by atoms with E-state index in [-0.39, 0.29) is 40.6 Å². The zero-order valence-electron chi connectivity index (χ0n) is 20.4. The summed E-state index contributed by atoms with van der Waals surface area (Å²) >= 11 is 1.26. The van der Waals surface area contributed by atoms with E-state index < -0.39 is 22.1 Å². The summed E-state index contributed by atoms with van der Waals surface area (Å²) in [4.78, 5) is 17.1. The summed E-state index contributed by atoms with van der Waals surface area (Å²) in [6.07, 6.45) is 0.823. The number of thiazole rings is 1. The second kappa shape index (κ2) is 9.40. The predicted octanol–water partition coefficient (Wildman–Crippen LogP) is 4.21. The number of carbonyl (C=O) groups is 1. The molecule has 1 aliphatic carbocycles. The Labute approximate surface area is 213 Å². The summed E-state index contributed by atoms with van der Waals surface area (Å²) in [5, 5.41) is 4.86. The zero-order chi connectivity index (χ0) is 25.6. The van der Waals surface area contributed by atoms with E-state index in [0.29, 0.717) is 23.6 Å². The fourth-order valence-electron chi connectivity index (χ4n) is 4.19. The molecule has 192 valence electrons. The zero-order valence-corrected chi connectivity index (χ0v) is 22.1. The van der Waals surface area contributed by atoms with Gasteiger partial charge < -0.3 is 18.7 Å². The average Bonchev–Trinajstić information content (AvgIpc) is 3.53. The van der Waals surface area contributed by atoms with Crippen molar-refractivity contribution in [1.29, 1.82) is 0 Å². The van der Waals surface area contributed by atoms with Gasteiger partial charge in [-0.05, 0) is 58.2 Å². The van der Waals surface area contributed by atoms with E-state index in [1.165, 1.54) is 15.6 Å². The van der Waals surface area contributed by atoms with Gasteiger partial charge in [0, 0.05) is 11.5 Å². The molecule has 0 radical (unpaired) electrons. The van der Waals surface area contributed by atoms with Crippen molar-refractivity contribution < 1.29 is 31.9 Å². The van der Waals surface area contributed by atoms with Crippen LogP contribution in [0.5, 0.6) is 10.8 Å². The maximum absolute atomic E-state index is 14.1. The smallest absolute Gasteiger partial charge is 0.349 e. The van der Waals surface area contributed by atoms with Crippen LogP contribution < -0.4 is 13.8 Å². The van der Waals surface area contributed by atoms with E-state index in [1.54, 1.807) is 39.0 Å². The Morgan fingerprint density at radius 2 is 2.00 bits per heavy atom. The Kier molecular flexibility index (Phi) is 6.41. The average molecular weight is 534 g/mol. The normalized spacial score (nSPS) is 17.4. The fourth-order valence-corrected chi connectivity index (χ4v) is 7.15.